The fraction of sp³-hybridized carbons (Fsp3) is 0.308. The highest BCUT2D eigenvalue weighted by molar-refractivity contribution is 5.77. The molecule has 7 nitrogen and oxygen atoms in total. The van der Waals surface area contributed by atoms with Crippen molar-refractivity contribution in [1.82, 2.24) is 10.7 Å². The lowest BCUT2D eigenvalue weighted by Gasteiger charge is -2.12. The number of carbonyl (C=O) groups excluding carboxylic acids is 2. The number of alkyl carbamates (subject to hydrolysis) is 1. The van der Waals surface area contributed by atoms with Crippen LogP contribution in [0.2, 0.25) is 0 Å². The lowest BCUT2D eigenvalue weighted by Crippen LogP contribution is -2.36. The molecule has 0 aliphatic heterocycles. The second kappa shape index (κ2) is 8.52. The number of ether oxygens (including phenoxy) is 1. The van der Waals surface area contributed by atoms with E-state index in [2.05, 4.69) is 15.8 Å². The number of nitrogens with two attached hydrogens (primary N) is 1. The number of primary amides is 1. The van der Waals surface area contributed by atoms with Crippen molar-refractivity contribution in [3.63, 3.8) is 0 Å². The standard InChI is InChI=1S/C13H18N4O3/c1-2-11(8-15-17-12(14)18)16-13(19)20-9-10-6-4-3-5-7-10/h3-8,11H,2,9H2,1H3,(H,16,19)(H3,14,17,18)/b15-8-/t11-/m0/s1. The van der Waals surface area contributed by atoms with Gasteiger partial charge in [-0.3, -0.25) is 0 Å². The Balaban J connectivity index is 2.35. The minimum absolute atomic E-state index is 0.194. The number of hydrogen-bond acceptors (Lipinski definition) is 4. The largest absolute Gasteiger partial charge is 0.445 e. The number of amides is 3. The fourth-order valence-corrected chi connectivity index (χ4v) is 1.35. The number of carbonyl (C=O) groups is 2. The van der Waals surface area contributed by atoms with Gasteiger partial charge in [0, 0.05) is 6.21 Å². The first-order valence-electron chi connectivity index (χ1n) is 6.17. The van der Waals surface area contributed by atoms with Gasteiger partial charge in [-0.15, -0.1) is 0 Å². The van der Waals surface area contributed by atoms with E-state index in [0.717, 1.165) is 5.56 Å². The monoisotopic (exact) mass is 278 g/mol. The Labute approximate surface area is 117 Å². The highest BCUT2D eigenvalue weighted by atomic mass is 16.5. The van der Waals surface area contributed by atoms with Crippen LogP contribution in [-0.4, -0.2) is 24.4 Å². The molecule has 0 saturated heterocycles. The Morgan fingerprint density at radius 1 is 1.40 bits per heavy atom. The molecule has 1 aromatic carbocycles. The summed E-state index contributed by atoms with van der Waals surface area (Å²) >= 11 is 0. The molecule has 0 heterocycles. The molecule has 0 radical (unpaired) electrons. The van der Waals surface area contributed by atoms with Crippen LogP contribution < -0.4 is 16.5 Å². The smallest absolute Gasteiger partial charge is 0.407 e. The Kier molecular flexibility index (Phi) is 6.60. The Hall–Kier alpha value is -2.57. The number of benzene rings is 1. The summed E-state index contributed by atoms with van der Waals surface area (Å²) < 4.78 is 5.06. The van der Waals surface area contributed by atoms with Crippen molar-refractivity contribution < 1.29 is 14.3 Å². The van der Waals surface area contributed by atoms with Gasteiger partial charge in [0.2, 0.25) is 0 Å². The minimum Gasteiger partial charge on any atom is -0.445 e. The molecular formula is C13H18N4O3. The molecular weight excluding hydrogens is 260 g/mol. The maximum Gasteiger partial charge on any atom is 0.407 e. The first kappa shape index (κ1) is 15.5. The van der Waals surface area contributed by atoms with Crippen LogP contribution in [0.25, 0.3) is 0 Å². The molecule has 1 aromatic rings. The predicted octanol–water partition coefficient (Wildman–Crippen LogP) is 1.35. The second-order valence-corrected chi connectivity index (χ2v) is 3.98. The van der Waals surface area contributed by atoms with Gasteiger partial charge in [-0.2, -0.15) is 5.10 Å². The summed E-state index contributed by atoms with van der Waals surface area (Å²) in [5.41, 5.74) is 7.82. The summed E-state index contributed by atoms with van der Waals surface area (Å²) in [6.07, 6.45) is 1.44. The third-order valence-corrected chi connectivity index (χ3v) is 2.39. The van der Waals surface area contributed by atoms with Crippen molar-refractivity contribution in [2.24, 2.45) is 10.8 Å². The third-order valence-electron chi connectivity index (χ3n) is 2.39. The SMILES string of the molecule is CC[C@@H](/C=N\NC(N)=O)NC(=O)OCc1ccccc1. The van der Waals surface area contributed by atoms with E-state index in [0.29, 0.717) is 6.42 Å². The zero-order valence-corrected chi connectivity index (χ0v) is 11.2. The van der Waals surface area contributed by atoms with Crippen LogP contribution in [0.5, 0.6) is 0 Å². The number of nitrogens with zero attached hydrogens (tertiary/aromatic N) is 1. The van der Waals surface area contributed by atoms with Gasteiger partial charge >= 0.3 is 12.1 Å². The molecule has 0 spiro atoms. The normalized spacial score (nSPS) is 11.8. The lowest BCUT2D eigenvalue weighted by molar-refractivity contribution is 0.138. The second-order valence-electron chi connectivity index (χ2n) is 3.98. The third kappa shape index (κ3) is 6.39. The number of urea groups is 1. The van der Waals surface area contributed by atoms with Crippen molar-refractivity contribution in [3.05, 3.63) is 35.9 Å². The summed E-state index contributed by atoms with van der Waals surface area (Å²) in [5, 5.41) is 6.20. The molecule has 3 amide bonds. The molecule has 0 aliphatic carbocycles. The van der Waals surface area contributed by atoms with E-state index in [9.17, 15) is 9.59 Å². The van der Waals surface area contributed by atoms with Gasteiger partial charge in [-0.25, -0.2) is 15.0 Å². The highest BCUT2D eigenvalue weighted by Gasteiger charge is 2.09. The molecule has 1 atom stereocenters. The number of nitrogens with one attached hydrogen (secondary N) is 2. The lowest BCUT2D eigenvalue weighted by atomic mass is 10.2. The van der Waals surface area contributed by atoms with Crippen LogP contribution in [0.3, 0.4) is 0 Å². The highest BCUT2D eigenvalue weighted by Crippen LogP contribution is 2.00. The van der Waals surface area contributed by atoms with Crippen LogP contribution >= 0.6 is 0 Å². The first-order valence-corrected chi connectivity index (χ1v) is 6.17. The predicted molar refractivity (Wildman–Crippen MR) is 75.1 cm³/mol. The molecule has 7 heteroatoms. The van der Waals surface area contributed by atoms with E-state index in [4.69, 9.17) is 10.5 Å². The molecule has 0 saturated carbocycles. The van der Waals surface area contributed by atoms with Gasteiger partial charge in [0.1, 0.15) is 6.61 Å². The van der Waals surface area contributed by atoms with Gasteiger partial charge in [0.15, 0.2) is 0 Å². The minimum atomic E-state index is -0.761. The van der Waals surface area contributed by atoms with Crippen LogP contribution in [0.1, 0.15) is 18.9 Å². The summed E-state index contributed by atoms with van der Waals surface area (Å²) in [7, 11) is 0. The molecule has 108 valence electrons. The number of rotatable bonds is 6. The average molecular weight is 278 g/mol. The van der Waals surface area contributed by atoms with Gasteiger partial charge in [-0.05, 0) is 12.0 Å². The van der Waals surface area contributed by atoms with E-state index >= 15 is 0 Å². The van der Waals surface area contributed by atoms with Crippen LogP contribution in [0, 0.1) is 0 Å². The summed E-state index contributed by atoms with van der Waals surface area (Å²) in [4.78, 5) is 22.0. The van der Waals surface area contributed by atoms with Crippen molar-refractivity contribution in [2.75, 3.05) is 0 Å². The summed E-state index contributed by atoms with van der Waals surface area (Å²) in [6, 6.07) is 8.25. The number of hydrogen-bond donors (Lipinski definition) is 3. The van der Waals surface area contributed by atoms with Gasteiger partial charge in [0.25, 0.3) is 0 Å². The quantitative estimate of drug-likeness (QED) is 0.540. The van der Waals surface area contributed by atoms with E-state index in [1.165, 1.54) is 6.21 Å². The van der Waals surface area contributed by atoms with Crippen LogP contribution in [0.4, 0.5) is 9.59 Å². The van der Waals surface area contributed by atoms with Crippen molar-refractivity contribution in [1.29, 1.82) is 0 Å². The van der Waals surface area contributed by atoms with Crippen molar-refractivity contribution in [3.8, 4) is 0 Å². The molecule has 4 N–H and O–H groups in total. The van der Waals surface area contributed by atoms with E-state index in [1.54, 1.807) is 0 Å². The molecule has 0 fully saturated rings. The zero-order chi connectivity index (χ0) is 14.8. The summed E-state index contributed by atoms with van der Waals surface area (Å²) in [5.74, 6) is 0. The zero-order valence-electron chi connectivity index (χ0n) is 11.2. The Bertz CT molecular complexity index is 462. The fourth-order valence-electron chi connectivity index (χ4n) is 1.35. The molecule has 0 aliphatic rings. The van der Waals surface area contributed by atoms with E-state index in [1.807, 2.05) is 37.3 Å². The Morgan fingerprint density at radius 2 is 2.10 bits per heavy atom. The Morgan fingerprint density at radius 3 is 2.70 bits per heavy atom. The van der Waals surface area contributed by atoms with Crippen LogP contribution in [-0.2, 0) is 11.3 Å². The van der Waals surface area contributed by atoms with Crippen LogP contribution in [0.15, 0.2) is 35.4 Å². The topological polar surface area (TPSA) is 106 Å². The van der Waals surface area contributed by atoms with Crippen molar-refractivity contribution >= 4 is 18.3 Å². The van der Waals surface area contributed by atoms with Crippen molar-refractivity contribution in [2.45, 2.75) is 26.0 Å². The van der Waals surface area contributed by atoms with E-state index in [-0.39, 0.29) is 12.6 Å². The number of hydrazone groups is 1. The van der Waals surface area contributed by atoms with Gasteiger partial charge < -0.3 is 15.8 Å². The molecule has 20 heavy (non-hydrogen) atoms. The van der Waals surface area contributed by atoms with E-state index < -0.39 is 12.1 Å². The maximum absolute atomic E-state index is 11.6. The molecule has 0 aromatic heterocycles. The summed E-state index contributed by atoms with van der Waals surface area (Å²) in [6.45, 7) is 2.05. The molecule has 0 unspecified atom stereocenters. The molecule has 1 rings (SSSR count). The average Bonchev–Trinajstić information content (AvgIpc) is 2.44. The first-order chi connectivity index (χ1) is 9.61. The maximum atomic E-state index is 11.6. The molecule has 0 bridgehead atoms. The van der Waals surface area contributed by atoms with Gasteiger partial charge in [-0.1, -0.05) is 37.3 Å². The van der Waals surface area contributed by atoms with Gasteiger partial charge in [0.05, 0.1) is 6.04 Å².